The molecule has 0 fully saturated rings. The summed E-state index contributed by atoms with van der Waals surface area (Å²) in [5.41, 5.74) is 9.19. The van der Waals surface area contributed by atoms with Crippen LogP contribution in [0.15, 0.2) is 60.7 Å². The van der Waals surface area contributed by atoms with E-state index in [1.165, 1.54) is 19.2 Å². The van der Waals surface area contributed by atoms with Crippen LogP contribution in [0, 0.1) is 5.82 Å². The van der Waals surface area contributed by atoms with Crippen LogP contribution in [0.3, 0.4) is 0 Å². The molecule has 4 rings (SSSR count). The minimum atomic E-state index is -0.896. The normalized spacial score (nSPS) is 15.6. The molecular weight excluding hydrogens is 373 g/mol. The molecule has 2 atom stereocenters. The van der Waals surface area contributed by atoms with Crippen molar-refractivity contribution in [3.05, 3.63) is 83.2 Å². The van der Waals surface area contributed by atoms with Crippen LogP contribution in [-0.4, -0.2) is 20.1 Å². The maximum absolute atomic E-state index is 13.9. The second kappa shape index (κ2) is 7.56. The van der Waals surface area contributed by atoms with Crippen LogP contribution in [0.2, 0.25) is 0 Å². The lowest BCUT2D eigenvalue weighted by Crippen LogP contribution is -2.23. The molecule has 0 radical (unpaired) electrons. The zero-order valence-electron chi connectivity index (χ0n) is 16.0. The molecule has 0 aromatic heterocycles. The minimum absolute atomic E-state index is 0.354. The van der Waals surface area contributed by atoms with Gasteiger partial charge in [-0.05, 0) is 47.0 Å². The van der Waals surface area contributed by atoms with Gasteiger partial charge in [0.2, 0.25) is 0 Å². The van der Waals surface area contributed by atoms with E-state index >= 15 is 0 Å². The molecule has 1 aliphatic rings. The van der Waals surface area contributed by atoms with Crippen LogP contribution in [0.1, 0.15) is 28.9 Å². The van der Waals surface area contributed by atoms with Gasteiger partial charge in [0.25, 0.3) is 5.91 Å². The van der Waals surface area contributed by atoms with E-state index in [0.29, 0.717) is 22.6 Å². The number of benzene rings is 3. The highest BCUT2D eigenvalue weighted by molar-refractivity contribution is 5.84. The minimum Gasteiger partial charge on any atom is -0.496 e. The van der Waals surface area contributed by atoms with Crippen LogP contribution >= 0.6 is 0 Å². The van der Waals surface area contributed by atoms with Gasteiger partial charge in [-0.25, -0.2) is 4.39 Å². The largest absolute Gasteiger partial charge is 0.496 e. The molecule has 6 heteroatoms. The Kier molecular flexibility index (Phi) is 4.94. The lowest BCUT2D eigenvalue weighted by Gasteiger charge is -2.31. The van der Waals surface area contributed by atoms with Gasteiger partial charge in [0.05, 0.1) is 12.7 Å². The maximum atomic E-state index is 13.9. The summed E-state index contributed by atoms with van der Waals surface area (Å²) in [6, 6.07) is 17.3. The smallest absolute Gasteiger partial charge is 0.251 e. The molecule has 0 aliphatic carbocycles. The predicted molar refractivity (Wildman–Crippen MR) is 106 cm³/mol. The number of halogens is 1. The molecule has 2 unspecified atom stereocenters. The summed E-state index contributed by atoms with van der Waals surface area (Å²) >= 11 is 0. The van der Waals surface area contributed by atoms with Crippen molar-refractivity contribution < 1.29 is 23.4 Å². The number of ether oxygens (including phenoxy) is 3. The Labute approximate surface area is 167 Å². The second-order valence-electron chi connectivity index (χ2n) is 6.75. The molecule has 1 heterocycles. The van der Waals surface area contributed by atoms with Crippen molar-refractivity contribution in [2.75, 3.05) is 14.2 Å². The zero-order valence-corrected chi connectivity index (χ0v) is 16.0. The van der Waals surface area contributed by atoms with E-state index in [1.54, 1.807) is 25.3 Å². The first-order valence-electron chi connectivity index (χ1n) is 9.09. The number of fused-ring (bicyclic) bond motifs is 3. The molecule has 148 valence electrons. The fourth-order valence-corrected chi connectivity index (χ4v) is 3.76. The summed E-state index contributed by atoms with van der Waals surface area (Å²) in [5, 5.41) is 0. The lowest BCUT2D eigenvalue weighted by molar-refractivity contribution is -0.128. The predicted octanol–water partition coefficient (Wildman–Crippen LogP) is 4.16. The Morgan fingerprint density at radius 2 is 1.90 bits per heavy atom. The third-order valence-corrected chi connectivity index (χ3v) is 5.03. The van der Waals surface area contributed by atoms with Gasteiger partial charge in [-0.15, -0.1) is 0 Å². The third-order valence-electron chi connectivity index (χ3n) is 5.03. The van der Waals surface area contributed by atoms with Gasteiger partial charge >= 0.3 is 0 Å². The number of methoxy groups -OCH3 is 2. The Balaban J connectivity index is 1.95. The van der Waals surface area contributed by atoms with Gasteiger partial charge in [0.15, 0.2) is 6.10 Å². The summed E-state index contributed by atoms with van der Waals surface area (Å²) in [6.45, 7) is 0. The number of hydrogen-bond donors (Lipinski definition) is 1. The van der Waals surface area contributed by atoms with Gasteiger partial charge in [0.1, 0.15) is 23.4 Å². The highest BCUT2D eigenvalue weighted by Gasteiger charge is 2.31. The molecule has 5 nitrogen and oxygen atoms in total. The molecule has 2 N–H and O–H groups in total. The average Bonchev–Trinajstić information content (AvgIpc) is 2.72. The Morgan fingerprint density at radius 3 is 2.59 bits per heavy atom. The van der Waals surface area contributed by atoms with Gasteiger partial charge < -0.3 is 19.9 Å². The molecule has 1 amide bonds. The van der Waals surface area contributed by atoms with Crippen molar-refractivity contribution in [1.29, 1.82) is 0 Å². The SMILES string of the molecule is COc1cccc2c1-c1ccc(C(OC)C(N)=O)cc1C(c1cccc(F)c1)O2. The van der Waals surface area contributed by atoms with Crippen LogP contribution in [0.4, 0.5) is 4.39 Å². The first kappa shape index (κ1) is 19.0. The molecular formula is C23H20FNO4. The zero-order chi connectivity index (χ0) is 20.5. The maximum Gasteiger partial charge on any atom is 0.251 e. The highest BCUT2D eigenvalue weighted by Crippen LogP contribution is 2.49. The van der Waals surface area contributed by atoms with Crippen molar-refractivity contribution in [2.24, 2.45) is 5.73 Å². The Morgan fingerprint density at radius 1 is 1.10 bits per heavy atom. The number of carbonyl (C=O) groups is 1. The topological polar surface area (TPSA) is 70.8 Å². The highest BCUT2D eigenvalue weighted by atomic mass is 19.1. The Hall–Kier alpha value is -3.38. The van der Waals surface area contributed by atoms with Crippen molar-refractivity contribution in [1.82, 2.24) is 0 Å². The van der Waals surface area contributed by atoms with Crippen LogP contribution in [-0.2, 0) is 9.53 Å². The summed E-state index contributed by atoms with van der Waals surface area (Å²) in [7, 11) is 3.02. The monoisotopic (exact) mass is 393 g/mol. The number of nitrogens with two attached hydrogens (primary N) is 1. The summed E-state index contributed by atoms with van der Waals surface area (Å²) in [4.78, 5) is 11.8. The molecule has 29 heavy (non-hydrogen) atoms. The van der Waals surface area contributed by atoms with Gasteiger partial charge in [0, 0.05) is 12.7 Å². The first-order valence-corrected chi connectivity index (χ1v) is 9.09. The van der Waals surface area contributed by atoms with Crippen LogP contribution < -0.4 is 15.2 Å². The fourth-order valence-electron chi connectivity index (χ4n) is 3.76. The van der Waals surface area contributed by atoms with Crippen LogP contribution in [0.5, 0.6) is 11.5 Å². The number of rotatable bonds is 5. The molecule has 1 aliphatic heterocycles. The van der Waals surface area contributed by atoms with Gasteiger partial charge in [-0.1, -0.05) is 30.3 Å². The number of amides is 1. The van der Waals surface area contributed by atoms with Gasteiger partial charge in [-0.3, -0.25) is 4.79 Å². The molecule has 3 aromatic carbocycles. The van der Waals surface area contributed by atoms with E-state index in [-0.39, 0.29) is 5.82 Å². The summed E-state index contributed by atoms with van der Waals surface area (Å²) < 4.78 is 31.0. The van der Waals surface area contributed by atoms with E-state index in [4.69, 9.17) is 19.9 Å². The van der Waals surface area contributed by atoms with Crippen molar-refractivity contribution in [3.63, 3.8) is 0 Å². The number of primary amides is 1. The Bertz CT molecular complexity index is 1080. The average molecular weight is 393 g/mol. The summed E-state index contributed by atoms with van der Waals surface area (Å²) in [5.74, 6) is 0.348. The van der Waals surface area contributed by atoms with Crippen molar-refractivity contribution in [3.8, 4) is 22.6 Å². The van der Waals surface area contributed by atoms with E-state index in [0.717, 1.165) is 16.7 Å². The van der Waals surface area contributed by atoms with E-state index in [9.17, 15) is 9.18 Å². The molecule has 3 aromatic rings. The molecule has 0 saturated heterocycles. The van der Waals surface area contributed by atoms with Crippen molar-refractivity contribution in [2.45, 2.75) is 12.2 Å². The first-order chi connectivity index (χ1) is 14.0. The summed E-state index contributed by atoms with van der Waals surface area (Å²) in [6.07, 6.45) is -1.46. The molecule has 0 spiro atoms. The van der Waals surface area contributed by atoms with E-state index < -0.39 is 18.1 Å². The lowest BCUT2D eigenvalue weighted by atomic mass is 9.87. The quantitative estimate of drug-likeness (QED) is 0.707. The molecule has 0 saturated carbocycles. The van der Waals surface area contributed by atoms with Crippen LogP contribution in [0.25, 0.3) is 11.1 Å². The fraction of sp³-hybridized carbons (Fsp3) is 0.174. The second-order valence-corrected chi connectivity index (χ2v) is 6.75. The van der Waals surface area contributed by atoms with E-state index in [1.807, 2.05) is 30.3 Å². The molecule has 0 bridgehead atoms. The van der Waals surface area contributed by atoms with Crippen molar-refractivity contribution >= 4 is 5.91 Å². The number of hydrogen-bond acceptors (Lipinski definition) is 4. The number of carbonyl (C=O) groups excluding carboxylic acids is 1. The third kappa shape index (κ3) is 3.32. The van der Waals surface area contributed by atoms with E-state index in [2.05, 4.69) is 0 Å². The van der Waals surface area contributed by atoms with Gasteiger partial charge in [-0.2, -0.15) is 0 Å². The standard InChI is InChI=1S/C23H20FNO4/c1-27-18-7-4-8-19-20(18)16-10-9-14(22(28-2)23(25)26)12-17(16)21(29-19)13-5-3-6-15(24)11-13/h3-12,21-22H,1-2H3,(H2,25,26).